The van der Waals surface area contributed by atoms with E-state index in [1.807, 2.05) is 26.8 Å². The molecular weight excluding hydrogens is 264 g/mol. The maximum atomic E-state index is 11.8. The van der Waals surface area contributed by atoms with Crippen molar-refractivity contribution in [3.8, 4) is 5.75 Å². The Hall–Kier alpha value is -1.55. The van der Waals surface area contributed by atoms with E-state index in [1.165, 1.54) is 0 Å². The van der Waals surface area contributed by atoms with Gasteiger partial charge in [0.15, 0.2) is 6.61 Å². The first-order valence-electron chi connectivity index (χ1n) is 7.74. The molecule has 2 N–H and O–H groups in total. The van der Waals surface area contributed by atoms with Crippen molar-refractivity contribution in [1.82, 2.24) is 10.6 Å². The molecule has 4 heteroatoms. The average molecular weight is 292 g/mol. The number of hydrogen-bond donors (Lipinski definition) is 2. The zero-order valence-corrected chi connectivity index (χ0v) is 13.8. The molecule has 0 spiro atoms. The number of aryl methyl sites for hydroxylation is 1. The lowest BCUT2D eigenvalue weighted by atomic mass is 10.0. The zero-order valence-electron chi connectivity index (χ0n) is 13.8. The van der Waals surface area contributed by atoms with Crippen molar-refractivity contribution in [2.24, 2.45) is 0 Å². The van der Waals surface area contributed by atoms with Gasteiger partial charge in [0.25, 0.3) is 5.91 Å². The van der Waals surface area contributed by atoms with E-state index in [0.717, 1.165) is 29.8 Å². The van der Waals surface area contributed by atoms with E-state index in [1.54, 1.807) is 0 Å². The molecule has 0 heterocycles. The van der Waals surface area contributed by atoms with Gasteiger partial charge in [-0.2, -0.15) is 0 Å². The molecule has 1 amide bonds. The van der Waals surface area contributed by atoms with Crippen molar-refractivity contribution >= 4 is 5.91 Å². The van der Waals surface area contributed by atoms with Gasteiger partial charge in [-0.05, 0) is 45.4 Å². The second-order valence-electron chi connectivity index (χ2n) is 5.49. The second-order valence-corrected chi connectivity index (χ2v) is 5.49. The van der Waals surface area contributed by atoms with Gasteiger partial charge in [0.1, 0.15) is 5.75 Å². The molecule has 4 nitrogen and oxygen atoms in total. The summed E-state index contributed by atoms with van der Waals surface area (Å²) >= 11 is 0. The summed E-state index contributed by atoms with van der Waals surface area (Å²) in [5, 5.41) is 6.28. The normalized spacial score (nSPS) is 13.6. The molecule has 1 aromatic rings. The minimum absolute atomic E-state index is 0.0552. The number of amides is 1. The van der Waals surface area contributed by atoms with Crippen molar-refractivity contribution < 1.29 is 9.53 Å². The van der Waals surface area contributed by atoms with Gasteiger partial charge in [-0.1, -0.05) is 26.0 Å². The second kappa shape index (κ2) is 8.67. The van der Waals surface area contributed by atoms with E-state index in [4.69, 9.17) is 4.74 Å². The molecule has 1 rings (SSSR count). The molecule has 0 bridgehead atoms. The van der Waals surface area contributed by atoms with Gasteiger partial charge >= 0.3 is 0 Å². The Morgan fingerprint density at radius 2 is 2.00 bits per heavy atom. The Labute approximate surface area is 128 Å². The van der Waals surface area contributed by atoms with Crippen molar-refractivity contribution in [2.45, 2.75) is 53.1 Å². The van der Waals surface area contributed by atoms with Crippen LogP contribution < -0.4 is 15.4 Å². The number of carbonyl (C=O) groups is 1. The van der Waals surface area contributed by atoms with Gasteiger partial charge < -0.3 is 15.4 Å². The van der Waals surface area contributed by atoms with Crippen LogP contribution in [0.5, 0.6) is 5.75 Å². The molecule has 118 valence electrons. The fourth-order valence-electron chi connectivity index (χ4n) is 2.10. The van der Waals surface area contributed by atoms with Gasteiger partial charge in [-0.25, -0.2) is 0 Å². The molecule has 0 aliphatic heterocycles. The van der Waals surface area contributed by atoms with E-state index in [9.17, 15) is 4.79 Å². The molecule has 0 radical (unpaired) electrons. The quantitative estimate of drug-likeness (QED) is 0.774. The first kappa shape index (κ1) is 17.5. The molecule has 0 saturated carbocycles. The molecule has 0 saturated heterocycles. The molecule has 0 fully saturated rings. The van der Waals surface area contributed by atoms with Crippen LogP contribution in [0.3, 0.4) is 0 Å². The lowest BCUT2D eigenvalue weighted by Gasteiger charge is -2.19. The predicted molar refractivity (Wildman–Crippen MR) is 86.7 cm³/mol. The topological polar surface area (TPSA) is 50.4 Å². The van der Waals surface area contributed by atoms with Crippen molar-refractivity contribution in [2.75, 3.05) is 13.2 Å². The first-order chi connectivity index (χ1) is 9.97. The highest BCUT2D eigenvalue weighted by atomic mass is 16.5. The lowest BCUT2D eigenvalue weighted by molar-refractivity contribution is -0.123. The minimum atomic E-state index is -0.0760. The molecule has 21 heavy (non-hydrogen) atoms. The molecular formula is C17H28N2O2. The van der Waals surface area contributed by atoms with Gasteiger partial charge in [0.2, 0.25) is 0 Å². The van der Waals surface area contributed by atoms with E-state index in [0.29, 0.717) is 0 Å². The van der Waals surface area contributed by atoms with E-state index >= 15 is 0 Å². The highest BCUT2D eigenvalue weighted by Crippen LogP contribution is 2.26. The number of hydrogen-bond acceptors (Lipinski definition) is 3. The molecule has 0 aliphatic rings. The Morgan fingerprint density at radius 1 is 1.29 bits per heavy atom. The highest BCUT2D eigenvalue weighted by Gasteiger charge is 2.13. The third-order valence-electron chi connectivity index (χ3n) is 3.52. The summed E-state index contributed by atoms with van der Waals surface area (Å²) in [6.45, 7) is 11.2. The third kappa shape index (κ3) is 5.76. The summed E-state index contributed by atoms with van der Waals surface area (Å²) in [5.74, 6) is 0.704. The lowest BCUT2D eigenvalue weighted by Crippen LogP contribution is -2.35. The highest BCUT2D eigenvalue weighted by molar-refractivity contribution is 5.77. The molecule has 0 aliphatic carbocycles. The van der Waals surface area contributed by atoms with Crippen molar-refractivity contribution in [1.29, 1.82) is 0 Å². The smallest absolute Gasteiger partial charge is 0.258 e. The SMILES string of the molecule is CCNC(C)c1ccc(C)cc1OCC(=O)NC(C)CC. The fraction of sp³-hybridized carbons (Fsp3) is 0.588. The predicted octanol–water partition coefficient (Wildman–Crippen LogP) is 2.96. The Bertz CT molecular complexity index is 460. The zero-order chi connectivity index (χ0) is 15.8. The van der Waals surface area contributed by atoms with Gasteiger partial charge in [-0.15, -0.1) is 0 Å². The average Bonchev–Trinajstić information content (AvgIpc) is 2.45. The molecule has 1 aromatic carbocycles. The largest absolute Gasteiger partial charge is 0.483 e. The molecule has 2 unspecified atom stereocenters. The van der Waals surface area contributed by atoms with Crippen molar-refractivity contribution in [3.63, 3.8) is 0 Å². The Morgan fingerprint density at radius 3 is 2.62 bits per heavy atom. The summed E-state index contributed by atoms with van der Waals surface area (Å²) in [7, 11) is 0. The van der Waals surface area contributed by atoms with Crippen molar-refractivity contribution in [3.05, 3.63) is 29.3 Å². The summed E-state index contributed by atoms with van der Waals surface area (Å²) in [6, 6.07) is 6.49. The molecule has 0 aromatic heterocycles. The van der Waals surface area contributed by atoms with Gasteiger partial charge in [-0.3, -0.25) is 4.79 Å². The van der Waals surface area contributed by atoms with Crippen LogP contribution in [0.25, 0.3) is 0 Å². The summed E-state index contributed by atoms with van der Waals surface area (Å²) in [5.41, 5.74) is 2.21. The molecule has 2 atom stereocenters. The monoisotopic (exact) mass is 292 g/mol. The maximum Gasteiger partial charge on any atom is 0.258 e. The van der Waals surface area contributed by atoms with Gasteiger partial charge in [0, 0.05) is 17.6 Å². The first-order valence-corrected chi connectivity index (χ1v) is 7.74. The Kier molecular flexibility index (Phi) is 7.23. The summed E-state index contributed by atoms with van der Waals surface area (Å²) in [6.07, 6.45) is 0.916. The van der Waals surface area contributed by atoms with Crippen LogP contribution in [0.4, 0.5) is 0 Å². The summed E-state index contributed by atoms with van der Waals surface area (Å²) < 4.78 is 5.74. The van der Waals surface area contributed by atoms with Crippen LogP contribution in [0.15, 0.2) is 18.2 Å². The third-order valence-corrected chi connectivity index (χ3v) is 3.52. The van der Waals surface area contributed by atoms with Crippen LogP contribution in [-0.2, 0) is 4.79 Å². The van der Waals surface area contributed by atoms with Crippen LogP contribution in [0, 0.1) is 6.92 Å². The minimum Gasteiger partial charge on any atom is -0.483 e. The number of carbonyl (C=O) groups excluding carboxylic acids is 1. The van der Waals surface area contributed by atoms with Crippen LogP contribution in [0.2, 0.25) is 0 Å². The Balaban J connectivity index is 2.72. The van der Waals surface area contributed by atoms with Crippen LogP contribution >= 0.6 is 0 Å². The van der Waals surface area contributed by atoms with E-state index in [-0.39, 0.29) is 24.6 Å². The van der Waals surface area contributed by atoms with Gasteiger partial charge in [0.05, 0.1) is 0 Å². The number of ether oxygens (including phenoxy) is 1. The maximum absolute atomic E-state index is 11.8. The van der Waals surface area contributed by atoms with E-state index < -0.39 is 0 Å². The number of benzene rings is 1. The van der Waals surface area contributed by atoms with Crippen LogP contribution in [-0.4, -0.2) is 25.1 Å². The van der Waals surface area contributed by atoms with Crippen LogP contribution in [0.1, 0.15) is 51.3 Å². The summed E-state index contributed by atoms with van der Waals surface area (Å²) in [4.78, 5) is 11.8. The van der Waals surface area contributed by atoms with E-state index in [2.05, 4.69) is 36.6 Å². The number of rotatable bonds is 8. The standard InChI is InChI=1S/C17H28N2O2/c1-6-13(4)19-17(20)11-21-16-10-12(3)8-9-15(16)14(5)18-7-2/h8-10,13-14,18H,6-7,11H2,1-5H3,(H,19,20). The fourth-order valence-corrected chi connectivity index (χ4v) is 2.10. The number of nitrogens with one attached hydrogen (secondary N) is 2.